The lowest BCUT2D eigenvalue weighted by Gasteiger charge is -2.08. The highest BCUT2D eigenvalue weighted by molar-refractivity contribution is 5.66. The highest BCUT2D eigenvalue weighted by Crippen LogP contribution is 2.30. The lowest BCUT2D eigenvalue weighted by Crippen LogP contribution is -1.92. The second-order valence-corrected chi connectivity index (χ2v) is 3.69. The molecule has 0 aromatic heterocycles. The van der Waals surface area contributed by atoms with Gasteiger partial charge in [-0.05, 0) is 24.3 Å². The van der Waals surface area contributed by atoms with Crippen molar-refractivity contribution in [3.63, 3.8) is 0 Å². The fraction of sp³-hybridized carbons (Fsp3) is 0.143. The van der Waals surface area contributed by atoms with Crippen LogP contribution in [0, 0.1) is 11.6 Å². The Morgan fingerprint density at radius 2 is 1.11 bits per heavy atom. The zero-order valence-corrected chi connectivity index (χ0v) is 10.0. The lowest BCUT2D eigenvalue weighted by atomic mass is 10.0. The van der Waals surface area contributed by atoms with Gasteiger partial charge in [-0.2, -0.15) is 0 Å². The average Bonchev–Trinajstić information content (AvgIpc) is 2.39. The largest absolute Gasteiger partial charge is 0.497 e. The highest BCUT2D eigenvalue weighted by Gasteiger charge is 2.11. The number of ether oxygens (including phenoxy) is 2. The fourth-order valence-corrected chi connectivity index (χ4v) is 1.68. The van der Waals surface area contributed by atoms with Gasteiger partial charge in [0.25, 0.3) is 0 Å². The van der Waals surface area contributed by atoms with E-state index in [0.29, 0.717) is 11.5 Å². The van der Waals surface area contributed by atoms with Crippen molar-refractivity contribution >= 4 is 0 Å². The van der Waals surface area contributed by atoms with Gasteiger partial charge in [0.2, 0.25) is 0 Å². The Bertz CT molecular complexity index is 516. The van der Waals surface area contributed by atoms with E-state index in [9.17, 15) is 8.78 Å². The monoisotopic (exact) mass is 250 g/mol. The first-order valence-electron chi connectivity index (χ1n) is 5.33. The maximum atomic E-state index is 13.8. The second-order valence-electron chi connectivity index (χ2n) is 3.69. The molecular formula is C14H12F2O2. The third-order valence-electron chi connectivity index (χ3n) is 2.64. The van der Waals surface area contributed by atoms with Crippen molar-refractivity contribution in [2.45, 2.75) is 0 Å². The summed E-state index contributed by atoms with van der Waals surface area (Å²) in [7, 11) is 2.89. The van der Waals surface area contributed by atoms with Crippen molar-refractivity contribution in [2.24, 2.45) is 0 Å². The van der Waals surface area contributed by atoms with Crippen molar-refractivity contribution in [1.29, 1.82) is 0 Å². The Morgan fingerprint density at radius 3 is 1.39 bits per heavy atom. The van der Waals surface area contributed by atoms with Gasteiger partial charge >= 0.3 is 0 Å². The molecule has 0 saturated heterocycles. The molecule has 2 aromatic carbocycles. The number of hydrogen-bond donors (Lipinski definition) is 0. The minimum absolute atomic E-state index is 0.191. The second kappa shape index (κ2) is 5.04. The first-order chi connectivity index (χ1) is 8.65. The molecule has 0 atom stereocenters. The van der Waals surface area contributed by atoms with Crippen molar-refractivity contribution in [2.75, 3.05) is 14.2 Å². The standard InChI is InChI=1S/C14H12F2O2/c1-17-9-3-5-11(13(15)7-9)12-6-4-10(18-2)8-14(12)16/h3-8H,1-2H3. The number of hydrogen-bond acceptors (Lipinski definition) is 2. The number of benzene rings is 2. The molecular weight excluding hydrogens is 238 g/mol. The highest BCUT2D eigenvalue weighted by atomic mass is 19.1. The van der Waals surface area contributed by atoms with Gasteiger partial charge in [-0.25, -0.2) is 8.78 Å². The summed E-state index contributed by atoms with van der Waals surface area (Å²) in [5.74, 6) is -0.271. The molecule has 0 N–H and O–H groups in total. The van der Waals surface area contributed by atoms with Crippen molar-refractivity contribution in [3.05, 3.63) is 48.0 Å². The Kier molecular flexibility index (Phi) is 3.46. The Balaban J connectivity index is 2.48. The van der Waals surface area contributed by atoms with E-state index in [0.717, 1.165) is 0 Å². The van der Waals surface area contributed by atoms with E-state index in [2.05, 4.69) is 0 Å². The van der Waals surface area contributed by atoms with Gasteiger partial charge in [0.05, 0.1) is 14.2 Å². The van der Waals surface area contributed by atoms with Crippen molar-refractivity contribution in [3.8, 4) is 22.6 Å². The van der Waals surface area contributed by atoms with E-state index >= 15 is 0 Å². The van der Waals surface area contributed by atoms with Gasteiger partial charge in [0.1, 0.15) is 23.1 Å². The smallest absolute Gasteiger partial charge is 0.134 e. The lowest BCUT2D eigenvalue weighted by molar-refractivity contribution is 0.410. The molecule has 0 unspecified atom stereocenters. The van der Waals surface area contributed by atoms with E-state index in [1.807, 2.05) is 0 Å². The zero-order valence-electron chi connectivity index (χ0n) is 10.0. The molecule has 4 heteroatoms. The first-order valence-corrected chi connectivity index (χ1v) is 5.33. The normalized spacial score (nSPS) is 10.2. The minimum atomic E-state index is -0.529. The van der Waals surface area contributed by atoms with Crippen LogP contribution in [0.15, 0.2) is 36.4 Å². The molecule has 0 heterocycles. The van der Waals surface area contributed by atoms with Crippen LogP contribution in [-0.2, 0) is 0 Å². The third-order valence-corrected chi connectivity index (χ3v) is 2.64. The summed E-state index contributed by atoms with van der Waals surface area (Å²) in [4.78, 5) is 0. The maximum absolute atomic E-state index is 13.8. The molecule has 0 aliphatic heterocycles. The average molecular weight is 250 g/mol. The predicted octanol–water partition coefficient (Wildman–Crippen LogP) is 3.65. The third kappa shape index (κ3) is 2.27. The molecule has 0 spiro atoms. The molecule has 0 aliphatic carbocycles. The summed E-state index contributed by atoms with van der Waals surface area (Å²) in [6, 6.07) is 8.58. The van der Waals surface area contributed by atoms with E-state index in [1.165, 1.54) is 38.5 Å². The van der Waals surface area contributed by atoms with Gasteiger partial charge in [0.15, 0.2) is 0 Å². The van der Waals surface area contributed by atoms with Crippen molar-refractivity contribution < 1.29 is 18.3 Å². The molecule has 2 nitrogen and oxygen atoms in total. The number of methoxy groups -OCH3 is 2. The summed E-state index contributed by atoms with van der Waals surface area (Å²) in [6.07, 6.45) is 0. The molecule has 2 rings (SSSR count). The predicted molar refractivity (Wildman–Crippen MR) is 64.9 cm³/mol. The molecule has 94 valence electrons. The summed E-state index contributed by atoms with van der Waals surface area (Å²) in [5.41, 5.74) is 0.381. The molecule has 0 aliphatic rings. The quantitative estimate of drug-likeness (QED) is 0.827. The zero-order chi connectivity index (χ0) is 13.1. The van der Waals surface area contributed by atoms with Crippen LogP contribution in [0.1, 0.15) is 0 Å². The van der Waals surface area contributed by atoms with Crippen LogP contribution in [0.4, 0.5) is 8.78 Å². The molecule has 18 heavy (non-hydrogen) atoms. The van der Waals surface area contributed by atoms with E-state index in [-0.39, 0.29) is 11.1 Å². The minimum Gasteiger partial charge on any atom is -0.497 e. The number of halogens is 2. The van der Waals surface area contributed by atoms with Crippen molar-refractivity contribution in [1.82, 2.24) is 0 Å². The SMILES string of the molecule is COc1ccc(-c2ccc(OC)cc2F)c(F)c1. The van der Waals surface area contributed by atoms with E-state index in [1.54, 1.807) is 12.1 Å². The van der Waals surface area contributed by atoms with Gasteiger partial charge in [0, 0.05) is 23.3 Å². The molecule has 0 radical (unpaired) electrons. The summed E-state index contributed by atoms with van der Waals surface area (Å²) >= 11 is 0. The van der Waals surface area contributed by atoms with Crippen LogP contribution >= 0.6 is 0 Å². The fourth-order valence-electron chi connectivity index (χ4n) is 1.68. The van der Waals surface area contributed by atoms with Gasteiger partial charge < -0.3 is 9.47 Å². The number of rotatable bonds is 3. The van der Waals surface area contributed by atoms with Crippen LogP contribution in [0.5, 0.6) is 11.5 Å². The molecule has 0 saturated carbocycles. The van der Waals surface area contributed by atoms with Gasteiger partial charge in [-0.1, -0.05) is 0 Å². The Hall–Kier alpha value is -2.10. The van der Waals surface area contributed by atoms with Crippen LogP contribution in [0.2, 0.25) is 0 Å². The topological polar surface area (TPSA) is 18.5 Å². The van der Waals surface area contributed by atoms with E-state index < -0.39 is 11.6 Å². The molecule has 0 fully saturated rings. The van der Waals surface area contributed by atoms with E-state index in [4.69, 9.17) is 9.47 Å². The summed E-state index contributed by atoms with van der Waals surface area (Å²) in [6.45, 7) is 0. The molecule has 0 bridgehead atoms. The van der Waals surface area contributed by atoms with Gasteiger partial charge in [-0.15, -0.1) is 0 Å². The molecule has 0 amide bonds. The van der Waals surface area contributed by atoms with Crippen LogP contribution in [0.25, 0.3) is 11.1 Å². The first kappa shape index (κ1) is 12.4. The maximum Gasteiger partial charge on any atom is 0.134 e. The molecule has 2 aromatic rings. The Morgan fingerprint density at radius 1 is 0.722 bits per heavy atom. The van der Waals surface area contributed by atoms with Crippen LogP contribution < -0.4 is 9.47 Å². The van der Waals surface area contributed by atoms with Crippen LogP contribution in [0.3, 0.4) is 0 Å². The summed E-state index contributed by atoms with van der Waals surface area (Å²) < 4.78 is 37.4. The Labute approximate surface area is 104 Å². The van der Waals surface area contributed by atoms with Gasteiger partial charge in [-0.3, -0.25) is 0 Å². The van der Waals surface area contributed by atoms with Crippen LogP contribution in [-0.4, -0.2) is 14.2 Å². The summed E-state index contributed by atoms with van der Waals surface area (Å²) in [5, 5.41) is 0.